The monoisotopic (exact) mass is 327 g/mol. The Labute approximate surface area is 135 Å². The number of hydrogen-bond acceptors (Lipinski definition) is 3. The number of rotatable bonds is 6. The summed E-state index contributed by atoms with van der Waals surface area (Å²) in [7, 11) is 3.52. The van der Waals surface area contributed by atoms with Crippen LogP contribution in [0, 0.1) is 0 Å². The van der Waals surface area contributed by atoms with Crippen molar-refractivity contribution in [2.24, 2.45) is 7.05 Å². The van der Waals surface area contributed by atoms with E-state index in [0.29, 0.717) is 10.0 Å². The van der Waals surface area contributed by atoms with E-state index in [0.717, 1.165) is 30.0 Å². The molecule has 1 atom stereocenters. The van der Waals surface area contributed by atoms with E-state index in [-0.39, 0.29) is 6.04 Å². The molecule has 0 aliphatic heterocycles. The van der Waals surface area contributed by atoms with Gasteiger partial charge in [-0.25, -0.2) is 0 Å². The van der Waals surface area contributed by atoms with Gasteiger partial charge in [0.2, 0.25) is 0 Å². The predicted octanol–water partition coefficient (Wildman–Crippen LogP) is 3.82. The Balaban J connectivity index is 2.52. The Hall–Kier alpha value is -1.23. The molecule has 2 aromatic rings. The van der Waals surface area contributed by atoms with E-state index >= 15 is 0 Å². The van der Waals surface area contributed by atoms with Crippen LogP contribution in [-0.4, -0.2) is 23.4 Å². The summed E-state index contributed by atoms with van der Waals surface area (Å²) in [6, 6.07) is 5.52. The molecule has 0 fully saturated rings. The van der Waals surface area contributed by atoms with E-state index in [1.807, 2.05) is 19.2 Å². The zero-order valence-corrected chi connectivity index (χ0v) is 13.9. The van der Waals surface area contributed by atoms with E-state index in [9.17, 15) is 0 Å². The molecule has 0 radical (unpaired) electrons. The Morgan fingerprint density at radius 2 is 2.14 bits per heavy atom. The summed E-state index contributed by atoms with van der Waals surface area (Å²) in [5.74, 6) is 0.724. The standard InChI is InChI=1S/C15H19Cl2N3O/c1-4-8-18-14(10-6-5-7-11(16)13(10)17)15-12(21-3)9-19-20(15)2/h5-7,9,14,18H,4,8H2,1-3H3. The third kappa shape index (κ3) is 3.34. The summed E-state index contributed by atoms with van der Waals surface area (Å²) in [4.78, 5) is 0. The van der Waals surface area contributed by atoms with Crippen LogP contribution in [0.5, 0.6) is 5.75 Å². The van der Waals surface area contributed by atoms with Gasteiger partial charge in [0.25, 0.3) is 0 Å². The van der Waals surface area contributed by atoms with Crippen molar-refractivity contribution in [1.82, 2.24) is 15.1 Å². The quantitative estimate of drug-likeness (QED) is 0.876. The van der Waals surface area contributed by atoms with E-state index in [1.165, 1.54) is 0 Å². The highest BCUT2D eigenvalue weighted by molar-refractivity contribution is 6.42. The normalized spacial score (nSPS) is 12.4. The highest BCUT2D eigenvalue weighted by atomic mass is 35.5. The van der Waals surface area contributed by atoms with E-state index in [1.54, 1.807) is 24.1 Å². The lowest BCUT2D eigenvalue weighted by atomic mass is 10.0. The summed E-state index contributed by atoms with van der Waals surface area (Å²) in [6.07, 6.45) is 2.71. The molecule has 2 rings (SSSR count). The fourth-order valence-corrected chi connectivity index (χ4v) is 2.72. The number of aryl methyl sites for hydroxylation is 1. The van der Waals surface area contributed by atoms with Gasteiger partial charge in [-0.05, 0) is 24.6 Å². The van der Waals surface area contributed by atoms with Crippen molar-refractivity contribution in [3.8, 4) is 5.75 Å². The van der Waals surface area contributed by atoms with E-state index in [2.05, 4.69) is 17.3 Å². The van der Waals surface area contributed by atoms with Crippen LogP contribution in [0.1, 0.15) is 30.6 Å². The molecular weight excluding hydrogens is 309 g/mol. The largest absolute Gasteiger partial charge is 0.493 e. The maximum absolute atomic E-state index is 6.39. The van der Waals surface area contributed by atoms with Gasteiger partial charge in [-0.1, -0.05) is 42.3 Å². The molecule has 0 saturated heterocycles. The number of halogens is 2. The summed E-state index contributed by atoms with van der Waals surface area (Å²) in [6.45, 7) is 2.96. The predicted molar refractivity (Wildman–Crippen MR) is 86.4 cm³/mol. The number of ether oxygens (including phenoxy) is 1. The van der Waals surface area contributed by atoms with Gasteiger partial charge in [-0.3, -0.25) is 4.68 Å². The molecule has 114 valence electrons. The minimum atomic E-state index is -0.126. The van der Waals surface area contributed by atoms with Crippen LogP contribution in [0.2, 0.25) is 10.0 Å². The first kappa shape index (κ1) is 16.1. The molecule has 0 bridgehead atoms. The second-order valence-corrected chi connectivity index (χ2v) is 5.54. The fraction of sp³-hybridized carbons (Fsp3) is 0.400. The van der Waals surface area contributed by atoms with Crippen LogP contribution >= 0.6 is 23.2 Å². The lowest BCUT2D eigenvalue weighted by Gasteiger charge is -2.22. The first-order valence-corrected chi connectivity index (χ1v) is 7.58. The molecule has 1 aromatic heterocycles. The minimum Gasteiger partial charge on any atom is -0.493 e. The second-order valence-electron chi connectivity index (χ2n) is 4.75. The maximum atomic E-state index is 6.39. The van der Waals surface area contributed by atoms with E-state index < -0.39 is 0 Å². The number of hydrogen-bond donors (Lipinski definition) is 1. The average molecular weight is 328 g/mol. The number of nitrogens with one attached hydrogen (secondary N) is 1. The molecule has 4 nitrogen and oxygen atoms in total. The van der Waals surface area contributed by atoms with Gasteiger partial charge in [0.1, 0.15) is 5.69 Å². The van der Waals surface area contributed by atoms with Crippen molar-refractivity contribution < 1.29 is 4.74 Å². The summed E-state index contributed by atoms with van der Waals surface area (Å²) in [5, 5.41) is 8.85. The topological polar surface area (TPSA) is 39.1 Å². The van der Waals surface area contributed by atoms with Gasteiger partial charge in [0, 0.05) is 7.05 Å². The van der Waals surface area contributed by atoms with Crippen molar-refractivity contribution in [1.29, 1.82) is 0 Å². The Kier molecular flexibility index (Phi) is 5.51. The molecule has 0 aliphatic carbocycles. The fourth-order valence-electron chi connectivity index (χ4n) is 2.30. The maximum Gasteiger partial charge on any atom is 0.161 e. The highest BCUT2D eigenvalue weighted by Crippen LogP contribution is 2.36. The lowest BCUT2D eigenvalue weighted by Crippen LogP contribution is -2.26. The smallest absolute Gasteiger partial charge is 0.161 e. The third-order valence-electron chi connectivity index (χ3n) is 3.33. The number of benzene rings is 1. The van der Waals surface area contributed by atoms with Crippen LogP contribution < -0.4 is 10.1 Å². The van der Waals surface area contributed by atoms with Crippen molar-refractivity contribution in [2.75, 3.05) is 13.7 Å². The zero-order valence-electron chi connectivity index (χ0n) is 12.4. The van der Waals surface area contributed by atoms with Gasteiger partial charge in [-0.15, -0.1) is 0 Å². The van der Waals surface area contributed by atoms with Crippen molar-refractivity contribution in [2.45, 2.75) is 19.4 Å². The number of aromatic nitrogens is 2. The highest BCUT2D eigenvalue weighted by Gasteiger charge is 2.24. The van der Waals surface area contributed by atoms with Gasteiger partial charge in [0.15, 0.2) is 5.75 Å². The first-order valence-electron chi connectivity index (χ1n) is 6.83. The first-order chi connectivity index (χ1) is 10.1. The molecule has 21 heavy (non-hydrogen) atoms. The summed E-state index contributed by atoms with van der Waals surface area (Å²) in [5.41, 5.74) is 1.84. The molecule has 0 aliphatic rings. The molecule has 0 saturated carbocycles. The Morgan fingerprint density at radius 3 is 2.81 bits per heavy atom. The minimum absolute atomic E-state index is 0.126. The Morgan fingerprint density at radius 1 is 1.38 bits per heavy atom. The van der Waals surface area contributed by atoms with Gasteiger partial charge < -0.3 is 10.1 Å². The SMILES string of the molecule is CCCNC(c1cccc(Cl)c1Cl)c1c(OC)cnn1C. The summed E-state index contributed by atoms with van der Waals surface area (Å²) >= 11 is 12.5. The average Bonchev–Trinajstić information content (AvgIpc) is 2.85. The van der Waals surface area contributed by atoms with Crippen LogP contribution in [-0.2, 0) is 7.05 Å². The number of nitrogens with zero attached hydrogens (tertiary/aromatic N) is 2. The molecule has 1 unspecified atom stereocenters. The second kappa shape index (κ2) is 7.16. The van der Waals surface area contributed by atoms with Gasteiger partial charge in [0.05, 0.1) is 29.4 Å². The van der Waals surface area contributed by atoms with E-state index in [4.69, 9.17) is 27.9 Å². The van der Waals surface area contributed by atoms with Gasteiger partial charge >= 0.3 is 0 Å². The third-order valence-corrected chi connectivity index (χ3v) is 4.17. The molecule has 1 N–H and O–H groups in total. The molecule has 1 aromatic carbocycles. The molecular formula is C15H19Cl2N3O. The molecule has 1 heterocycles. The zero-order chi connectivity index (χ0) is 15.4. The van der Waals surface area contributed by atoms with Crippen LogP contribution in [0.25, 0.3) is 0 Å². The van der Waals surface area contributed by atoms with Crippen LogP contribution in [0.4, 0.5) is 0 Å². The van der Waals surface area contributed by atoms with Crippen LogP contribution in [0.3, 0.4) is 0 Å². The van der Waals surface area contributed by atoms with Crippen molar-refractivity contribution >= 4 is 23.2 Å². The molecule has 0 amide bonds. The molecule has 0 spiro atoms. The summed E-state index contributed by atoms with van der Waals surface area (Å²) < 4.78 is 7.21. The molecule has 6 heteroatoms. The van der Waals surface area contributed by atoms with Crippen molar-refractivity contribution in [3.63, 3.8) is 0 Å². The number of methoxy groups -OCH3 is 1. The van der Waals surface area contributed by atoms with Gasteiger partial charge in [-0.2, -0.15) is 5.10 Å². The van der Waals surface area contributed by atoms with Crippen LogP contribution in [0.15, 0.2) is 24.4 Å². The Bertz CT molecular complexity index is 613. The lowest BCUT2D eigenvalue weighted by molar-refractivity contribution is 0.400. The van der Waals surface area contributed by atoms with Crippen molar-refractivity contribution in [3.05, 3.63) is 45.7 Å².